The van der Waals surface area contributed by atoms with Crippen molar-refractivity contribution in [1.29, 1.82) is 0 Å². The first kappa shape index (κ1) is 16.2. The molecule has 0 aliphatic rings. The van der Waals surface area contributed by atoms with Crippen LogP contribution in [0.25, 0.3) is 11.3 Å². The molecule has 0 N–H and O–H groups in total. The van der Waals surface area contributed by atoms with Crippen molar-refractivity contribution in [3.63, 3.8) is 0 Å². The van der Waals surface area contributed by atoms with Crippen molar-refractivity contribution >= 4 is 17.3 Å². The van der Waals surface area contributed by atoms with Gasteiger partial charge in [0.05, 0.1) is 5.71 Å². The largest absolute Gasteiger partial charge is 0.387 e. The molecule has 24 heavy (non-hydrogen) atoms. The van der Waals surface area contributed by atoms with Crippen LogP contribution < -0.4 is 0 Å². The summed E-state index contributed by atoms with van der Waals surface area (Å²) in [7, 11) is 0. The summed E-state index contributed by atoms with van der Waals surface area (Å²) in [4.78, 5) is 5.27. The van der Waals surface area contributed by atoms with E-state index in [1.165, 1.54) is 12.1 Å². The number of benzene rings is 2. The van der Waals surface area contributed by atoms with Gasteiger partial charge in [-0.05, 0) is 36.8 Å². The molecule has 0 radical (unpaired) electrons. The summed E-state index contributed by atoms with van der Waals surface area (Å²) in [5.41, 5.74) is 3.04. The summed E-state index contributed by atoms with van der Waals surface area (Å²) < 4.78 is 18.1. The second kappa shape index (κ2) is 7.27. The average Bonchev–Trinajstić information content (AvgIpc) is 3.05. The number of nitrogens with zero attached hydrogens (tertiary/aromatic N) is 2. The third kappa shape index (κ3) is 4.00. The molecule has 1 aromatic heterocycles. The van der Waals surface area contributed by atoms with Gasteiger partial charge in [-0.15, -0.1) is 0 Å². The molecule has 0 atom stereocenters. The summed E-state index contributed by atoms with van der Waals surface area (Å²) in [6.07, 6.45) is 0. The van der Waals surface area contributed by atoms with E-state index < -0.39 is 0 Å². The summed E-state index contributed by atoms with van der Waals surface area (Å²) in [6, 6.07) is 15.1. The number of hydrogen-bond donors (Lipinski definition) is 0. The topological polar surface area (TPSA) is 47.6 Å². The molecule has 0 spiro atoms. The molecule has 0 aliphatic heterocycles. The second-order valence-corrected chi connectivity index (χ2v) is 5.58. The van der Waals surface area contributed by atoms with Crippen LogP contribution in [0.15, 0.2) is 64.3 Å². The molecule has 0 saturated carbocycles. The van der Waals surface area contributed by atoms with Crippen LogP contribution in [0.5, 0.6) is 0 Å². The van der Waals surface area contributed by atoms with Crippen molar-refractivity contribution in [1.82, 2.24) is 5.16 Å². The summed E-state index contributed by atoms with van der Waals surface area (Å²) in [5.74, 6) is 0.263. The first-order valence-electron chi connectivity index (χ1n) is 7.26. The van der Waals surface area contributed by atoms with Crippen LogP contribution in [0, 0.1) is 5.82 Å². The molecule has 122 valence electrons. The van der Waals surface area contributed by atoms with E-state index in [2.05, 4.69) is 10.3 Å². The van der Waals surface area contributed by atoms with Crippen molar-refractivity contribution in [2.75, 3.05) is 0 Å². The van der Waals surface area contributed by atoms with E-state index >= 15 is 0 Å². The van der Waals surface area contributed by atoms with Crippen molar-refractivity contribution in [2.24, 2.45) is 5.16 Å². The minimum atomic E-state index is -0.288. The fourth-order valence-corrected chi connectivity index (χ4v) is 2.20. The molecular weight excluding hydrogens is 331 g/mol. The Hall–Kier alpha value is -2.66. The van der Waals surface area contributed by atoms with Crippen LogP contribution in [-0.4, -0.2) is 10.9 Å². The standard InChI is InChI=1S/C18H14ClFN2O2/c1-12(13-4-8-16(20)9-5-13)21-23-11-17-10-18(22-24-17)14-2-6-15(19)7-3-14/h2-10H,11H2,1H3. The van der Waals surface area contributed by atoms with Gasteiger partial charge in [0.2, 0.25) is 0 Å². The van der Waals surface area contributed by atoms with Crippen LogP contribution in [-0.2, 0) is 11.4 Å². The maximum absolute atomic E-state index is 12.9. The minimum Gasteiger partial charge on any atom is -0.387 e. The lowest BCUT2D eigenvalue weighted by Crippen LogP contribution is -1.96. The van der Waals surface area contributed by atoms with Gasteiger partial charge in [0.25, 0.3) is 0 Å². The zero-order valence-corrected chi connectivity index (χ0v) is 13.6. The van der Waals surface area contributed by atoms with Crippen molar-refractivity contribution in [3.8, 4) is 11.3 Å². The highest BCUT2D eigenvalue weighted by Gasteiger charge is 2.07. The highest BCUT2D eigenvalue weighted by atomic mass is 35.5. The molecule has 0 aliphatic carbocycles. The van der Waals surface area contributed by atoms with Gasteiger partial charge in [-0.3, -0.25) is 0 Å². The van der Waals surface area contributed by atoms with Crippen LogP contribution in [0.4, 0.5) is 4.39 Å². The Morgan fingerprint density at radius 2 is 1.88 bits per heavy atom. The maximum atomic E-state index is 12.9. The summed E-state index contributed by atoms with van der Waals surface area (Å²) in [6.45, 7) is 1.94. The minimum absolute atomic E-state index is 0.152. The number of aromatic nitrogens is 1. The molecule has 4 nitrogen and oxygen atoms in total. The van der Waals surface area contributed by atoms with Gasteiger partial charge in [0, 0.05) is 16.7 Å². The third-order valence-electron chi connectivity index (χ3n) is 3.37. The van der Waals surface area contributed by atoms with Crippen LogP contribution >= 0.6 is 11.6 Å². The Labute approximate surface area is 143 Å². The van der Waals surface area contributed by atoms with Crippen molar-refractivity contribution < 1.29 is 13.8 Å². The fraction of sp³-hybridized carbons (Fsp3) is 0.111. The first-order chi connectivity index (χ1) is 11.6. The van der Waals surface area contributed by atoms with Gasteiger partial charge >= 0.3 is 0 Å². The zero-order valence-electron chi connectivity index (χ0n) is 12.9. The lowest BCUT2D eigenvalue weighted by molar-refractivity contribution is 0.109. The number of oxime groups is 1. The van der Waals surface area contributed by atoms with Gasteiger partial charge in [-0.2, -0.15) is 0 Å². The molecule has 3 aromatic rings. The van der Waals surface area contributed by atoms with E-state index in [1.54, 1.807) is 37.3 Å². The van der Waals surface area contributed by atoms with Crippen molar-refractivity contribution in [2.45, 2.75) is 13.5 Å². The lowest BCUT2D eigenvalue weighted by atomic mass is 10.1. The smallest absolute Gasteiger partial charge is 0.177 e. The Morgan fingerprint density at radius 1 is 1.17 bits per heavy atom. The van der Waals surface area contributed by atoms with Gasteiger partial charge in [0.1, 0.15) is 11.5 Å². The number of rotatable bonds is 5. The monoisotopic (exact) mass is 344 g/mol. The predicted octanol–water partition coefficient (Wildman–Crippen LogP) is 5.07. The van der Waals surface area contributed by atoms with Gasteiger partial charge < -0.3 is 9.36 Å². The molecule has 0 unspecified atom stereocenters. The van der Waals surface area contributed by atoms with Gasteiger partial charge in [-0.1, -0.05) is 46.2 Å². The molecular formula is C18H14ClFN2O2. The van der Waals surface area contributed by atoms with E-state index in [-0.39, 0.29) is 12.4 Å². The predicted molar refractivity (Wildman–Crippen MR) is 90.3 cm³/mol. The SMILES string of the molecule is CC(=NOCc1cc(-c2ccc(Cl)cc2)no1)c1ccc(F)cc1. The molecule has 2 aromatic carbocycles. The molecule has 3 rings (SSSR count). The highest BCUT2D eigenvalue weighted by molar-refractivity contribution is 6.30. The molecule has 1 heterocycles. The molecule has 0 fully saturated rings. The summed E-state index contributed by atoms with van der Waals surface area (Å²) in [5, 5.41) is 8.66. The maximum Gasteiger partial charge on any atom is 0.177 e. The van der Waals surface area contributed by atoms with Crippen LogP contribution in [0.3, 0.4) is 0 Å². The van der Waals surface area contributed by atoms with E-state index in [4.69, 9.17) is 21.0 Å². The normalized spacial score (nSPS) is 11.5. The van der Waals surface area contributed by atoms with Gasteiger partial charge in [-0.25, -0.2) is 4.39 Å². The Morgan fingerprint density at radius 3 is 2.58 bits per heavy atom. The van der Waals surface area contributed by atoms with E-state index in [0.717, 1.165) is 11.1 Å². The average molecular weight is 345 g/mol. The number of halogens is 2. The third-order valence-corrected chi connectivity index (χ3v) is 3.62. The molecule has 0 bridgehead atoms. The van der Waals surface area contributed by atoms with Gasteiger partial charge in [0.15, 0.2) is 12.4 Å². The fourth-order valence-electron chi connectivity index (χ4n) is 2.07. The van der Waals surface area contributed by atoms with E-state index in [0.29, 0.717) is 22.2 Å². The van der Waals surface area contributed by atoms with Crippen LogP contribution in [0.1, 0.15) is 18.2 Å². The quantitative estimate of drug-likeness (QED) is 0.479. The van der Waals surface area contributed by atoms with Crippen molar-refractivity contribution in [3.05, 3.63) is 76.8 Å². The number of hydrogen-bond acceptors (Lipinski definition) is 4. The second-order valence-electron chi connectivity index (χ2n) is 5.14. The zero-order chi connectivity index (χ0) is 16.9. The highest BCUT2D eigenvalue weighted by Crippen LogP contribution is 2.21. The molecule has 6 heteroatoms. The van der Waals surface area contributed by atoms with Crippen LogP contribution in [0.2, 0.25) is 5.02 Å². The molecule has 0 saturated heterocycles. The van der Waals surface area contributed by atoms with E-state index in [1.807, 2.05) is 12.1 Å². The molecule has 0 amide bonds. The summed E-state index contributed by atoms with van der Waals surface area (Å²) >= 11 is 5.86. The Bertz CT molecular complexity index is 842. The Balaban J connectivity index is 1.62. The lowest BCUT2D eigenvalue weighted by Gasteiger charge is -2.00. The first-order valence-corrected chi connectivity index (χ1v) is 7.63. The van der Waals surface area contributed by atoms with E-state index in [9.17, 15) is 4.39 Å². The Kier molecular flexibility index (Phi) is 4.91.